The van der Waals surface area contributed by atoms with Gasteiger partial charge in [-0.2, -0.15) is 0 Å². The minimum atomic E-state index is -0.267. The topological polar surface area (TPSA) is 90.5 Å². The lowest BCUT2D eigenvalue weighted by atomic mass is 10.1. The zero-order chi connectivity index (χ0) is 19.5. The van der Waals surface area contributed by atoms with E-state index in [0.717, 1.165) is 31.5 Å². The van der Waals surface area contributed by atoms with Crippen LogP contribution in [-0.2, 0) is 4.79 Å². The quantitative estimate of drug-likeness (QED) is 0.745. The maximum Gasteiger partial charge on any atom is 0.319 e. The number of hydrogen-bond donors (Lipinski definition) is 3. The van der Waals surface area contributed by atoms with Gasteiger partial charge in [-0.3, -0.25) is 9.59 Å². The molecule has 4 amide bonds. The largest absolute Gasteiger partial charge is 0.335 e. The third-order valence-corrected chi connectivity index (χ3v) is 4.81. The van der Waals surface area contributed by atoms with E-state index in [1.807, 2.05) is 12.1 Å². The summed E-state index contributed by atoms with van der Waals surface area (Å²) in [4.78, 5) is 37.9. The molecule has 0 aromatic heterocycles. The van der Waals surface area contributed by atoms with E-state index in [9.17, 15) is 14.4 Å². The van der Waals surface area contributed by atoms with E-state index in [-0.39, 0.29) is 23.9 Å². The van der Waals surface area contributed by atoms with Gasteiger partial charge in [0.1, 0.15) is 0 Å². The number of amides is 4. The summed E-state index contributed by atoms with van der Waals surface area (Å²) in [5, 5.41) is 8.43. The Labute approximate surface area is 163 Å². The van der Waals surface area contributed by atoms with E-state index < -0.39 is 0 Å². The maximum absolute atomic E-state index is 12.5. The Bertz CT molecular complexity index is 906. The molecule has 144 valence electrons. The summed E-state index contributed by atoms with van der Waals surface area (Å²) in [6.45, 7) is 0.735. The molecular formula is C21H22N4O3. The number of urea groups is 1. The number of carbonyl (C=O) groups excluding carboxylic acids is 3. The maximum atomic E-state index is 12.5. The molecule has 0 spiro atoms. The minimum absolute atomic E-state index is 0.131. The fourth-order valence-corrected chi connectivity index (χ4v) is 3.17. The average molecular weight is 378 g/mol. The molecule has 0 radical (unpaired) electrons. The standard InChI is InChI=1S/C21H22N4O3/c26-19-5-2-12-25(19)18-10-8-15(9-11-18)22-20(27)14-3-1-4-17(13-14)24-21(28)23-16-6-7-16/h1,3-4,8-11,13,16H,2,5-7,12H2,(H,22,27)(H2,23,24,28). The normalized spacial score (nSPS) is 16.0. The van der Waals surface area contributed by atoms with Crippen molar-refractivity contribution in [2.45, 2.75) is 31.7 Å². The van der Waals surface area contributed by atoms with Gasteiger partial charge in [-0.1, -0.05) is 6.07 Å². The molecule has 3 N–H and O–H groups in total. The number of hydrogen-bond acceptors (Lipinski definition) is 3. The van der Waals surface area contributed by atoms with Gasteiger partial charge in [-0.15, -0.1) is 0 Å². The lowest BCUT2D eigenvalue weighted by Crippen LogP contribution is -2.30. The lowest BCUT2D eigenvalue weighted by Gasteiger charge is -2.16. The monoisotopic (exact) mass is 378 g/mol. The Morgan fingerprint density at radius 3 is 2.43 bits per heavy atom. The molecule has 0 atom stereocenters. The number of nitrogens with one attached hydrogen (secondary N) is 3. The van der Waals surface area contributed by atoms with Crippen molar-refractivity contribution in [1.29, 1.82) is 0 Å². The molecular weight excluding hydrogens is 356 g/mol. The van der Waals surface area contributed by atoms with Crippen LogP contribution in [0.4, 0.5) is 21.9 Å². The molecule has 1 saturated carbocycles. The Morgan fingerprint density at radius 1 is 0.964 bits per heavy atom. The number of benzene rings is 2. The molecule has 4 rings (SSSR count). The van der Waals surface area contributed by atoms with Crippen LogP contribution in [0.5, 0.6) is 0 Å². The van der Waals surface area contributed by atoms with E-state index in [1.54, 1.807) is 41.3 Å². The Hall–Kier alpha value is -3.35. The molecule has 7 heteroatoms. The van der Waals surface area contributed by atoms with Crippen molar-refractivity contribution in [1.82, 2.24) is 5.32 Å². The molecule has 0 bridgehead atoms. The second-order valence-corrected chi connectivity index (χ2v) is 7.10. The summed E-state index contributed by atoms with van der Waals surface area (Å²) >= 11 is 0. The average Bonchev–Trinajstić information content (AvgIpc) is 3.40. The van der Waals surface area contributed by atoms with Gasteiger partial charge in [0.05, 0.1) is 0 Å². The second kappa shape index (κ2) is 7.72. The molecule has 0 unspecified atom stereocenters. The zero-order valence-electron chi connectivity index (χ0n) is 15.4. The van der Waals surface area contributed by atoms with Crippen molar-refractivity contribution in [3.8, 4) is 0 Å². The molecule has 28 heavy (non-hydrogen) atoms. The van der Waals surface area contributed by atoms with Crippen LogP contribution in [0.2, 0.25) is 0 Å². The molecule has 2 aromatic rings. The fourth-order valence-electron chi connectivity index (χ4n) is 3.17. The third kappa shape index (κ3) is 4.31. The van der Waals surface area contributed by atoms with E-state index in [1.165, 1.54) is 0 Å². The van der Waals surface area contributed by atoms with Crippen LogP contribution in [0.3, 0.4) is 0 Å². The van der Waals surface area contributed by atoms with Gasteiger partial charge in [0.15, 0.2) is 0 Å². The minimum Gasteiger partial charge on any atom is -0.335 e. The predicted octanol–water partition coefficient (Wildman–Crippen LogP) is 3.35. The number of rotatable bonds is 5. The molecule has 1 aliphatic carbocycles. The summed E-state index contributed by atoms with van der Waals surface area (Å²) in [5.41, 5.74) is 2.50. The van der Waals surface area contributed by atoms with E-state index in [0.29, 0.717) is 23.4 Å². The molecule has 7 nitrogen and oxygen atoms in total. The van der Waals surface area contributed by atoms with Gasteiger partial charge in [0, 0.05) is 41.6 Å². The third-order valence-electron chi connectivity index (χ3n) is 4.81. The molecule has 1 aliphatic heterocycles. The van der Waals surface area contributed by atoms with E-state index in [4.69, 9.17) is 0 Å². The predicted molar refractivity (Wildman–Crippen MR) is 108 cm³/mol. The van der Waals surface area contributed by atoms with Crippen molar-refractivity contribution >= 4 is 34.9 Å². The highest BCUT2D eigenvalue weighted by Gasteiger charge is 2.23. The Morgan fingerprint density at radius 2 is 1.75 bits per heavy atom. The van der Waals surface area contributed by atoms with Crippen LogP contribution in [0, 0.1) is 0 Å². The first-order valence-corrected chi connectivity index (χ1v) is 9.48. The Balaban J connectivity index is 1.38. The molecule has 1 heterocycles. The summed E-state index contributed by atoms with van der Waals surface area (Å²) < 4.78 is 0. The van der Waals surface area contributed by atoms with Crippen molar-refractivity contribution in [3.63, 3.8) is 0 Å². The summed E-state index contributed by atoms with van der Waals surface area (Å²) in [6, 6.07) is 14.0. The first kappa shape index (κ1) is 18.0. The molecule has 2 aromatic carbocycles. The van der Waals surface area contributed by atoms with Crippen molar-refractivity contribution in [3.05, 3.63) is 54.1 Å². The van der Waals surface area contributed by atoms with Crippen molar-refractivity contribution in [2.24, 2.45) is 0 Å². The summed E-state index contributed by atoms with van der Waals surface area (Å²) in [7, 11) is 0. The molecule has 2 fully saturated rings. The van der Waals surface area contributed by atoms with Crippen LogP contribution in [-0.4, -0.2) is 30.4 Å². The van der Waals surface area contributed by atoms with Crippen molar-refractivity contribution < 1.29 is 14.4 Å². The van der Waals surface area contributed by atoms with Gasteiger partial charge in [-0.25, -0.2) is 4.79 Å². The number of carbonyl (C=O) groups is 3. The van der Waals surface area contributed by atoms with E-state index in [2.05, 4.69) is 16.0 Å². The number of anilines is 3. The highest BCUT2D eigenvalue weighted by molar-refractivity contribution is 6.05. The van der Waals surface area contributed by atoms with Crippen molar-refractivity contribution in [2.75, 3.05) is 22.1 Å². The zero-order valence-corrected chi connectivity index (χ0v) is 15.4. The molecule has 2 aliphatic rings. The summed E-state index contributed by atoms with van der Waals surface area (Å²) in [5.74, 6) is -0.136. The summed E-state index contributed by atoms with van der Waals surface area (Å²) in [6.07, 6.45) is 3.49. The fraction of sp³-hybridized carbons (Fsp3) is 0.286. The van der Waals surface area contributed by atoms with Gasteiger partial charge < -0.3 is 20.9 Å². The van der Waals surface area contributed by atoms with Crippen LogP contribution < -0.4 is 20.9 Å². The highest BCUT2D eigenvalue weighted by atomic mass is 16.2. The second-order valence-electron chi connectivity index (χ2n) is 7.10. The SMILES string of the molecule is O=C(Nc1cccc(C(=O)Nc2ccc(N3CCCC3=O)cc2)c1)NC1CC1. The van der Waals surface area contributed by atoms with E-state index >= 15 is 0 Å². The Kier molecular flexibility index (Phi) is 4.97. The first-order valence-electron chi connectivity index (χ1n) is 9.48. The van der Waals surface area contributed by atoms with Gasteiger partial charge in [0.2, 0.25) is 5.91 Å². The van der Waals surface area contributed by atoms with Crippen LogP contribution in [0.15, 0.2) is 48.5 Å². The smallest absolute Gasteiger partial charge is 0.319 e. The van der Waals surface area contributed by atoms with Crippen LogP contribution in [0.1, 0.15) is 36.0 Å². The molecule has 1 saturated heterocycles. The van der Waals surface area contributed by atoms with Gasteiger partial charge in [0.25, 0.3) is 5.91 Å². The van der Waals surface area contributed by atoms with Crippen LogP contribution in [0.25, 0.3) is 0 Å². The van der Waals surface area contributed by atoms with Gasteiger partial charge in [-0.05, 0) is 61.7 Å². The lowest BCUT2D eigenvalue weighted by molar-refractivity contribution is -0.117. The first-order chi connectivity index (χ1) is 13.6. The highest BCUT2D eigenvalue weighted by Crippen LogP contribution is 2.23. The van der Waals surface area contributed by atoms with Gasteiger partial charge >= 0.3 is 6.03 Å². The van der Waals surface area contributed by atoms with Crippen LogP contribution >= 0.6 is 0 Å². The number of nitrogens with zero attached hydrogens (tertiary/aromatic N) is 1.